The molecule has 3 aromatic rings. The minimum absolute atomic E-state index is 0.0642. The molecule has 3 heteroatoms. The molecule has 0 aliphatic heterocycles. The van der Waals surface area contributed by atoms with E-state index in [-0.39, 0.29) is 18.0 Å². The number of ether oxygens (including phenoxy) is 1. The Hall–Kier alpha value is -2.00. The predicted octanol–water partition coefficient (Wildman–Crippen LogP) is 5.93. The average Bonchev–Trinajstić information content (AvgIpc) is 2.60. The molecular weight excluding hydrogens is 316 g/mol. The monoisotopic (exact) mass is 338 g/mol. The van der Waals surface area contributed by atoms with E-state index < -0.39 is 0 Å². The van der Waals surface area contributed by atoms with Crippen LogP contribution in [0, 0.1) is 5.92 Å². The lowest BCUT2D eigenvalue weighted by Gasteiger charge is -2.17. The van der Waals surface area contributed by atoms with E-state index in [1.807, 2.05) is 32.9 Å². The maximum Gasteiger partial charge on any atom is 0.309 e. The molecule has 24 heavy (non-hydrogen) atoms. The molecule has 0 radical (unpaired) electrons. The lowest BCUT2D eigenvalue weighted by molar-refractivity contribution is -0.153. The summed E-state index contributed by atoms with van der Waals surface area (Å²) in [6.07, 6.45) is 0.546. The first-order valence-electron chi connectivity index (χ1n) is 8.35. The highest BCUT2D eigenvalue weighted by Crippen LogP contribution is 2.30. The molecule has 2 atom stereocenters. The summed E-state index contributed by atoms with van der Waals surface area (Å²) in [6, 6.07) is 16.7. The first-order chi connectivity index (χ1) is 11.5. The van der Waals surface area contributed by atoms with Crippen LogP contribution < -0.4 is 0 Å². The normalized spacial score (nSPS) is 13.8. The maximum absolute atomic E-state index is 12.0. The maximum atomic E-state index is 12.0. The Labute approximate surface area is 148 Å². The van der Waals surface area contributed by atoms with Gasteiger partial charge < -0.3 is 4.74 Å². The van der Waals surface area contributed by atoms with Gasteiger partial charge in [0.1, 0.15) is 6.10 Å². The lowest BCUT2D eigenvalue weighted by Crippen LogP contribution is -2.16. The third kappa shape index (κ3) is 3.27. The molecule has 0 saturated heterocycles. The zero-order chi connectivity index (χ0) is 17.3. The number of esters is 1. The summed E-state index contributed by atoms with van der Waals surface area (Å²) in [5.41, 5.74) is 1.01. The zero-order valence-corrected chi connectivity index (χ0v) is 15.1. The SMILES string of the molecule is CCC(C)C(=O)OC(C)c1ccc2c(ccc3ccc(S)cc32)c1. The van der Waals surface area contributed by atoms with E-state index >= 15 is 0 Å². The highest BCUT2D eigenvalue weighted by Gasteiger charge is 2.17. The zero-order valence-electron chi connectivity index (χ0n) is 14.2. The molecular formula is C21H22O2S. The molecule has 3 aromatic carbocycles. The number of thiol groups is 1. The molecule has 0 aliphatic carbocycles. The van der Waals surface area contributed by atoms with Gasteiger partial charge in [-0.1, -0.05) is 44.2 Å². The van der Waals surface area contributed by atoms with Crippen LogP contribution in [-0.2, 0) is 9.53 Å². The number of hydrogen-bond donors (Lipinski definition) is 1. The standard InChI is InChI=1S/C21H22O2S/c1-4-13(2)21(22)23-14(3)16-8-10-19-17(11-16)6-5-15-7-9-18(24)12-20(15)19/h5-14,24H,4H2,1-3H3. The molecule has 124 valence electrons. The van der Waals surface area contributed by atoms with Crippen molar-refractivity contribution in [3.8, 4) is 0 Å². The van der Waals surface area contributed by atoms with E-state index in [4.69, 9.17) is 4.74 Å². The van der Waals surface area contributed by atoms with Gasteiger partial charge in [0, 0.05) is 4.90 Å². The molecule has 0 heterocycles. The number of fused-ring (bicyclic) bond motifs is 3. The van der Waals surface area contributed by atoms with Gasteiger partial charge in [-0.15, -0.1) is 12.6 Å². The third-order valence-corrected chi connectivity index (χ3v) is 4.90. The van der Waals surface area contributed by atoms with E-state index in [0.29, 0.717) is 0 Å². The van der Waals surface area contributed by atoms with Crippen LogP contribution in [0.25, 0.3) is 21.5 Å². The number of hydrogen-bond acceptors (Lipinski definition) is 3. The van der Waals surface area contributed by atoms with Gasteiger partial charge in [-0.2, -0.15) is 0 Å². The van der Waals surface area contributed by atoms with Gasteiger partial charge in [0.25, 0.3) is 0 Å². The van der Waals surface area contributed by atoms with Crippen LogP contribution in [-0.4, -0.2) is 5.97 Å². The minimum Gasteiger partial charge on any atom is -0.458 e. The molecule has 0 fully saturated rings. The highest BCUT2D eigenvalue weighted by molar-refractivity contribution is 7.80. The van der Waals surface area contributed by atoms with Crippen molar-refractivity contribution in [2.45, 2.75) is 38.2 Å². The number of benzene rings is 3. The van der Waals surface area contributed by atoms with E-state index in [1.165, 1.54) is 16.2 Å². The quantitative estimate of drug-likeness (QED) is 0.362. The largest absolute Gasteiger partial charge is 0.458 e. The Balaban J connectivity index is 1.97. The van der Waals surface area contributed by atoms with Gasteiger partial charge in [-0.25, -0.2) is 0 Å². The van der Waals surface area contributed by atoms with Crippen molar-refractivity contribution < 1.29 is 9.53 Å². The van der Waals surface area contributed by atoms with Gasteiger partial charge in [-0.05, 0) is 58.7 Å². The molecule has 0 aromatic heterocycles. The fraction of sp³-hybridized carbons (Fsp3) is 0.286. The van der Waals surface area contributed by atoms with Gasteiger partial charge in [-0.3, -0.25) is 4.79 Å². The molecule has 0 saturated carbocycles. The van der Waals surface area contributed by atoms with Gasteiger partial charge in [0.15, 0.2) is 0 Å². The number of carbonyl (C=O) groups is 1. The summed E-state index contributed by atoms with van der Waals surface area (Å²) >= 11 is 4.45. The van der Waals surface area contributed by atoms with Crippen LogP contribution in [0.3, 0.4) is 0 Å². The molecule has 0 amide bonds. The second-order valence-electron chi connectivity index (χ2n) is 6.34. The first-order valence-corrected chi connectivity index (χ1v) is 8.80. The van der Waals surface area contributed by atoms with E-state index in [1.54, 1.807) is 0 Å². The Morgan fingerprint density at radius 3 is 2.46 bits per heavy atom. The average molecular weight is 338 g/mol. The van der Waals surface area contributed by atoms with Crippen LogP contribution in [0.4, 0.5) is 0 Å². The molecule has 0 spiro atoms. The third-order valence-electron chi connectivity index (χ3n) is 4.62. The summed E-state index contributed by atoms with van der Waals surface area (Å²) in [7, 11) is 0. The number of rotatable bonds is 4. The van der Waals surface area contributed by atoms with Gasteiger partial charge in [0.05, 0.1) is 5.92 Å². The van der Waals surface area contributed by atoms with Crippen LogP contribution in [0.15, 0.2) is 53.4 Å². The second-order valence-corrected chi connectivity index (χ2v) is 6.86. The lowest BCUT2D eigenvalue weighted by atomic mass is 9.99. The van der Waals surface area contributed by atoms with Gasteiger partial charge in [0.2, 0.25) is 0 Å². The van der Waals surface area contributed by atoms with Crippen LogP contribution in [0.1, 0.15) is 38.9 Å². The van der Waals surface area contributed by atoms with Crippen molar-refractivity contribution in [3.05, 3.63) is 54.1 Å². The molecule has 0 bridgehead atoms. The summed E-state index contributed by atoms with van der Waals surface area (Å²) in [4.78, 5) is 13.0. The smallest absolute Gasteiger partial charge is 0.309 e. The Kier molecular flexibility index (Phi) is 4.81. The Morgan fingerprint density at radius 1 is 1.00 bits per heavy atom. The minimum atomic E-state index is -0.247. The fourth-order valence-corrected chi connectivity index (χ4v) is 3.05. The summed E-state index contributed by atoms with van der Waals surface area (Å²) in [5, 5.41) is 4.72. The van der Waals surface area contributed by atoms with Crippen molar-refractivity contribution in [1.29, 1.82) is 0 Å². The van der Waals surface area contributed by atoms with Crippen molar-refractivity contribution in [1.82, 2.24) is 0 Å². The van der Waals surface area contributed by atoms with E-state index in [9.17, 15) is 4.79 Å². The van der Waals surface area contributed by atoms with Crippen LogP contribution >= 0.6 is 12.6 Å². The van der Waals surface area contributed by atoms with Crippen LogP contribution in [0.2, 0.25) is 0 Å². The molecule has 3 rings (SSSR count). The predicted molar refractivity (Wildman–Crippen MR) is 103 cm³/mol. The molecule has 2 nitrogen and oxygen atoms in total. The van der Waals surface area contributed by atoms with Gasteiger partial charge >= 0.3 is 5.97 Å². The second kappa shape index (κ2) is 6.86. The molecule has 2 unspecified atom stereocenters. The van der Waals surface area contributed by atoms with Crippen molar-refractivity contribution in [2.75, 3.05) is 0 Å². The summed E-state index contributed by atoms with van der Waals surface area (Å²) < 4.78 is 5.59. The van der Waals surface area contributed by atoms with E-state index in [0.717, 1.165) is 22.3 Å². The summed E-state index contributed by atoms with van der Waals surface area (Å²) in [5.74, 6) is -0.200. The van der Waals surface area contributed by atoms with E-state index in [2.05, 4.69) is 49.0 Å². The first kappa shape index (κ1) is 16.8. The Bertz CT molecular complexity index is 901. The van der Waals surface area contributed by atoms with Crippen molar-refractivity contribution in [3.63, 3.8) is 0 Å². The molecule has 0 N–H and O–H groups in total. The molecule has 0 aliphatic rings. The summed E-state index contributed by atoms with van der Waals surface area (Å²) in [6.45, 7) is 5.82. The number of carbonyl (C=O) groups excluding carboxylic acids is 1. The Morgan fingerprint density at radius 2 is 1.71 bits per heavy atom. The fourth-order valence-electron chi connectivity index (χ4n) is 2.84. The van der Waals surface area contributed by atoms with Crippen LogP contribution in [0.5, 0.6) is 0 Å². The van der Waals surface area contributed by atoms with Crippen molar-refractivity contribution >= 4 is 40.1 Å². The topological polar surface area (TPSA) is 26.3 Å². The highest BCUT2D eigenvalue weighted by atomic mass is 32.1. The van der Waals surface area contributed by atoms with Crippen molar-refractivity contribution in [2.24, 2.45) is 5.92 Å².